The van der Waals surface area contributed by atoms with Crippen LogP contribution < -0.4 is 5.32 Å². The highest BCUT2D eigenvalue weighted by Gasteiger charge is 2.32. The molecule has 0 unspecified atom stereocenters. The lowest BCUT2D eigenvalue weighted by Crippen LogP contribution is -2.41. The van der Waals surface area contributed by atoms with Crippen LogP contribution in [0.4, 0.5) is 19.2 Å². The van der Waals surface area contributed by atoms with Gasteiger partial charge in [0.25, 0.3) is 0 Å². The summed E-state index contributed by atoms with van der Waals surface area (Å²) in [7, 11) is 0. The van der Waals surface area contributed by atoms with Crippen molar-refractivity contribution in [3.63, 3.8) is 0 Å². The van der Waals surface area contributed by atoms with Gasteiger partial charge in [0.15, 0.2) is 0 Å². The largest absolute Gasteiger partial charge is 0.401 e. The summed E-state index contributed by atoms with van der Waals surface area (Å²) in [5.74, 6) is 0.821. The maximum absolute atomic E-state index is 12.4. The van der Waals surface area contributed by atoms with Gasteiger partial charge in [-0.15, -0.1) is 0 Å². The lowest BCUT2D eigenvalue weighted by Gasteiger charge is -2.32. The van der Waals surface area contributed by atoms with Crippen molar-refractivity contribution in [3.8, 4) is 11.4 Å². The zero-order valence-corrected chi connectivity index (χ0v) is 14.0. The zero-order valence-electron chi connectivity index (χ0n) is 14.0. The molecule has 25 heavy (non-hydrogen) atoms. The number of likely N-dealkylation sites (tertiary alicyclic amines) is 1. The van der Waals surface area contributed by atoms with Crippen molar-refractivity contribution in [3.05, 3.63) is 29.8 Å². The Kier molecular flexibility index (Phi) is 5.27. The van der Waals surface area contributed by atoms with Gasteiger partial charge in [0.05, 0.1) is 6.54 Å². The fourth-order valence-corrected chi connectivity index (χ4v) is 2.95. The second-order valence-corrected chi connectivity index (χ2v) is 6.50. The van der Waals surface area contributed by atoms with Gasteiger partial charge in [-0.3, -0.25) is 4.90 Å². The van der Waals surface area contributed by atoms with Gasteiger partial charge in [-0.25, -0.2) is 0 Å². The summed E-state index contributed by atoms with van der Waals surface area (Å²) in [5, 5.41) is 7.05. The number of anilines is 1. The Bertz CT molecular complexity index is 676. The monoisotopic (exact) mass is 354 g/mol. The van der Waals surface area contributed by atoms with Crippen molar-refractivity contribution in [2.24, 2.45) is 5.92 Å². The minimum absolute atomic E-state index is 0.305. The Hall–Kier alpha value is -2.09. The molecule has 5 nitrogen and oxygen atoms in total. The summed E-state index contributed by atoms with van der Waals surface area (Å²) < 4.78 is 42.4. The Morgan fingerprint density at radius 3 is 2.52 bits per heavy atom. The molecule has 136 valence electrons. The van der Waals surface area contributed by atoms with Crippen molar-refractivity contribution in [2.75, 3.05) is 31.5 Å². The van der Waals surface area contributed by atoms with Crippen LogP contribution in [0.2, 0.25) is 0 Å². The van der Waals surface area contributed by atoms with Crippen LogP contribution in [0.1, 0.15) is 18.4 Å². The molecule has 8 heteroatoms. The highest BCUT2D eigenvalue weighted by atomic mass is 19.4. The van der Waals surface area contributed by atoms with Gasteiger partial charge in [-0.1, -0.05) is 35.0 Å². The van der Waals surface area contributed by atoms with E-state index in [2.05, 4.69) is 15.5 Å². The molecular formula is C17H21F3N4O. The molecule has 3 rings (SSSR count). The van der Waals surface area contributed by atoms with Crippen LogP contribution in [0.3, 0.4) is 0 Å². The second-order valence-electron chi connectivity index (χ2n) is 6.50. The second kappa shape index (κ2) is 7.43. The predicted molar refractivity (Wildman–Crippen MR) is 88.2 cm³/mol. The number of benzene rings is 1. The third kappa shape index (κ3) is 5.19. The summed E-state index contributed by atoms with van der Waals surface area (Å²) in [4.78, 5) is 5.77. The summed E-state index contributed by atoms with van der Waals surface area (Å²) in [6.45, 7) is 2.73. The number of hydrogen-bond acceptors (Lipinski definition) is 5. The number of halogens is 3. The molecule has 1 N–H and O–H groups in total. The quantitative estimate of drug-likeness (QED) is 0.887. The molecular weight excluding hydrogens is 333 g/mol. The molecule has 0 saturated carbocycles. The normalized spacial score (nSPS) is 17.0. The minimum Gasteiger partial charge on any atom is -0.337 e. The topological polar surface area (TPSA) is 54.2 Å². The van der Waals surface area contributed by atoms with Crippen LogP contribution >= 0.6 is 0 Å². The summed E-state index contributed by atoms with van der Waals surface area (Å²) >= 11 is 0. The standard InChI is InChI=1S/C17H21F3N4O/c1-12-2-4-14(5-3-12)15-22-16(25-23-15)21-10-13-6-8-24(9-7-13)11-17(18,19)20/h2-5,13H,6-11H2,1H3,(H,21,22,23). The summed E-state index contributed by atoms with van der Waals surface area (Å²) in [6, 6.07) is 8.16. The van der Waals surface area contributed by atoms with Gasteiger partial charge in [0, 0.05) is 12.1 Å². The summed E-state index contributed by atoms with van der Waals surface area (Å²) in [5.41, 5.74) is 2.03. The highest BCUT2D eigenvalue weighted by Crippen LogP contribution is 2.23. The lowest BCUT2D eigenvalue weighted by molar-refractivity contribution is -0.148. The van der Waals surface area contributed by atoms with E-state index in [1.54, 1.807) is 0 Å². The molecule has 0 radical (unpaired) electrons. The average molecular weight is 354 g/mol. The van der Waals surface area contributed by atoms with Crippen molar-refractivity contribution < 1.29 is 17.7 Å². The molecule has 1 saturated heterocycles. The van der Waals surface area contributed by atoms with E-state index in [0.29, 0.717) is 37.4 Å². The van der Waals surface area contributed by atoms with E-state index in [4.69, 9.17) is 4.52 Å². The van der Waals surface area contributed by atoms with E-state index >= 15 is 0 Å². The van der Waals surface area contributed by atoms with Gasteiger partial charge in [-0.2, -0.15) is 18.2 Å². The Labute approximate surface area is 144 Å². The molecule has 2 aromatic rings. The molecule has 1 aromatic heterocycles. The number of hydrogen-bond donors (Lipinski definition) is 1. The van der Waals surface area contributed by atoms with Crippen LogP contribution in [-0.4, -0.2) is 47.4 Å². The number of aromatic nitrogens is 2. The molecule has 1 aromatic carbocycles. The molecule has 1 aliphatic heterocycles. The third-order valence-electron chi connectivity index (χ3n) is 4.39. The maximum atomic E-state index is 12.4. The SMILES string of the molecule is Cc1ccc(-c2noc(NCC3CCN(CC(F)(F)F)CC3)n2)cc1. The number of rotatable bonds is 5. The number of alkyl halides is 3. The Morgan fingerprint density at radius 2 is 1.88 bits per heavy atom. The van der Waals surface area contributed by atoms with Crippen molar-refractivity contribution in [1.82, 2.24) is 15.0 Å². The van der Waals surface area contributed by atoms with Gasteiger partial charge < -0.3 is 9.84 Å². The molecule has 0 spiro atoms. The van der Waals surface area contributed by atoms with Crippen LogP contribution in [0.15, 0.2) is 28.8 Å². The first-order chi connectivity index (χ1) is 11.9. The van der Waals surface area contributed by atoms with Gasteiger partial charge >= 0.3 is 12.2 Å². The zero-order chi connectivity index (χ0) is 17.9. The highest BCUT2D eigenvalue weighted by molar-refractivity contribution is 5.55. The Morgan fingerprint density at radius 1 is 1.20 bits per heavy atom. The van der Waals surface area contributed by atoms with E-state index in [9.17, 15) is 13.2 Å². The van der Waals surface area contributed by atoms with E-state index < -0.39 is 12.7 Å². The minimum atomic E-state index is -4.12. The molecule has 0 amide bonds. The molecule has 0 bridgehead atoms. The van der Waals surface area contributed by atoms with E-state index in [1.807, 2.05) is 31.2 Å². The molecule has 0 atom stereocenters. The number of aryl methyl sites for hydroxylation is 1. The molecule has 1 aliphatic rings. The third-order valence-corrected chi connectivity index (χ3v) is 4.39. The van der Waals surface area contributed by atoms with Crippen molar-refractivity contribution in [2.45, 2.75) is 25.9 Å². The molecule has 1 fully saturated rings. The predicted octanol–water partition coefficient (Wildman–Crippen LogP) is 3.73. The van der Waals surface area contributed by atoms with Crippen LogP contribution in [0.25, 0.3) is 11.4 Å². The van der Waals surface area contributed by atoms with E-state index in [0.717, 1.165) is 24.0 Å². The number of nitrogens with zero attached hydrogens (tertiary/aromatic N) is 3. The summed E-state index contributed by atoms with van der Waals surface area (Å²) in [6.07, 6.45) is -2.68. The van der Waals surface area contributed by atoms with E-state index in [1.165, 1.54) is 4.90 Å². The Balaban J connectivity index is 1.46. The first-order valence-corrected chi connectivity index (χ1v) is 8.33. The van der Waals surface area contributed by atoms with Crippen LogP contribution in [-0.2, 0) is 0 Å². The van der Waals surface area contributed by atoms with E-state index in [-0.39, 0.29) is 0 Å². The average Bonchev–Trinajstić information content (AvgIpc) is 3.02. The molecule has 2 heterocycles. The smallest absolute Gasteiger partial charge is 0.337 e. The van der Waals surface area contributed by atoms with Gasteiger partial charge in [0.2, 0.25) is 5.82 Å². The number of piperidine rings is 1. The fourth-order valence-electron chi connectivity index (χ4n) is 2.95. The number of nitrogens with one attached hydrogen (secondary N) is 1. The first kappa shape index (κ1) is 17.7. The van der Waals surface area contributed by atoms with Crippen LogP contribution in [0.5, 0.6) is 0 Å². The van der Waals surface area contributed by atoms with Gasteiger partial charge in [0.1, 0.15) is 0 Å². The fraction of sp³-hybridized carbons (Fsp3) is 0.529. The lowest BCUT2D eigenvalue weighted by atomic mass is 9.97. The van der Waals surface area contributed by atoms with Gasteiger partial charge in [-0.05, 0) is 38.8 Å². The van der Waals surface area contributed by atoms with Crippen molar-refractivity contribution in [1.29, 1.82) is 0 Å². The maximum Gasteiger partial charge on any atom is 0.401 e. The first-order valence-electron chi connectivity index (χ1n) is 8.33. The van der Waals surface area contributed by atoms with Crippen LogP contribution in [0, 0.1) is 12.8 Å². The van der Waals surface area contributed by atoms with Crippen molar-refractivity contribution >= 4 is 6.01 Å². The molecule has 0 aliphatic carbocycles.